The summed E-state index contributed by atoms with van der Waals surface area (Å²) < 4.78 is 12.1. The molecule has 0 saturated heterocycles. The first-order valence-corrected chi connectivity index (χ1v) is 8.40. The van der Waals surface area contributed by atoms with Gasteiger partial charge in [0, 0.05) is 37.9 Å². The zero-order valence-corrected chi connectivity index (χ0v) is 14.9. The van der Waals surface area contributed by atoms with Crippen LogP contribution in [0.3, 0.4) is 0 Å². The number of hydrogen-bond donors (Lipinski definition) is 0. The Kier molecular flexibility index (Phi) is 6.55. The molecule has 0 amide bonds. The van der Waals surface area contributed by atoms with E-state index < -0.39 is 6.09 Å². The molecule has 24 heavy (non-hydrogen) atoms. The summed E-state index contributed by atoms with van der Waals surface area (Å²) in [7, 11) is 0. The third-order valence-corrected chi connectivity index (χ3v) is 4.23. The molecule has 0 fully saturated rings. The average Bonchev–Trinajstić information content (AvgIpc) is 3.06. The fourth-order valence-corrected chi connectivity index (χ4v) is 2.71. The van der Waals surface area contributed by atoms with Crippen LogP contribution in [0, 0.1) is 13.8 Å². The molecule has 0 spiro atoms. The summed E-state index contributed by atoms with van der Waals surface area (Å²) in [5.41, 5.74) is 3.63. The van der Waals surface area contributed by atoms with Gasteiger partial charge in [-0.15, -0.1) is 0 Å². The van der Waals surface area contributed by atoms with Crippen molar-refractivity contribution in [2.45, 2.75) is 40.0 Å². The quantitative estimate of drug-likeness (QED) is 0.718. The van der Waals surface area contributed by atoms with Gasteiger partial charge in [-0.3, -0.25) is 0 Å². The Hall–Kier alpha value is -2.14. The van der Waals surface area contributed by atoms with Crippen LogP contribution < -0.4 is 0 Å². The summed E-state index contributed by atoms with van der Waals surface area (Å²) >= 11 is 0. The van der Waals surface area contributed by atoms with E-state index in [2.05, 4.69) is 37.9 Å². The summed E-state index contributed by atoms with van der Waals surface area (Å²) in [6.45, 7) is 9.80. The van der Waals surface area contributed by atoms with E-state index in [1.165, 1.54) is 21.3 Å². The number of aryl methyl sites for hydroxylation is 1. The van der Waals surface area contributed by atoms with Gasteiger partial charge in [-0.05, 0) is 37.5 Å². The van der Waals surface area contributed by atoms with Gasteiger partial charge in [0.25, 0.3) is 0 Å². The second-order valence-corrected chi connectivity index (χ2v) is 5.83. The van der Waals surface area contributed by atoms with Crippen LogP contribution in [0.5, 0.6) is 0 Å². The third kappa shape index (κ3) is 4.23. The highest BCUT2D eigenvalue weighted by Gasteiger charge is 2.20. The van der Waals surface area contributed by atoms with E-state index in [9.17, 15) is 4.79 Å². The van der Waals surface area contributed by atoms with Crippen LogP contribution in [0.2, 0.25) is 0 Å². The van der Waals surface area contributed by atoms with Crippen molar-refractivity contribution in [3.8, 4) is 0 Å². The molecule has 130 valence electrons. The molecule has 5 heteroatoms. The number of hydrogen-bond acceptors (Lipinski definition) is 4. The van der Waals surface area contributed by atoms with Gasteiger partial charge in [0.15, 0.2) is 0 Å². The highest BCUT2D eigenvalue weighted by molar-refractivity contribution is 5.71. The van der Waals surface area contributed by atoms with Gasteiger partial charge in [-0.25, -0.2) is 14.3 Å². The minimum atomic E-state index is -0.392. The standard InChI is InChI=1S/C19H26N2O3/c1-5-23-12-7-13-24-19(22)21-11-10-20-18(21)16(4)17-9-6-8-14(2)15(17)3/h6,8-11,16H,5,7,12-13H2,1-4H3/t16-/m0/s1. The number of benzene rings is 1. The van der Waals surface area contributed by atoms with Crippen molar-refractivity contribution in [1.29, 1.82) is 0 Å². The minimum Gasteiger partial charge on any atom is -0.449 e. The summed E-state index contributed by atoms with van der Waals surface area (Å²) in [5.74, 6) is 0.703. The van der Waals surface area contributed by atoms with Crippen molar-refractivity contribution < 1.29 is 14.3 Å². The van der Waals surface area contributed by atoms with Gasteiger partial charge in [0.2, 0.25) is 0 Å². The molecule has 0 N–H and O–H groups in total. The van der Waals surface area contributed by atoms with Gasteiger partial charge in [0.05, 0.1) is 6.61 Å². The number of imidazole rings is 1. The predicted molar refractivity (Wildman–Crippen MR) is 93.5 cm³/mol. The zero-order valence-electron chi connectivity index (χ0n) is 14.9. The van der Waals surface area contributed by atoms with Crippen molar-refractivity contribution in [2.24, 2.45) is 0 Å². The molecule has 1 heterocycles. The van der Waals surface area contributed by atoms with Crippen LogP contribution >= 0.6 is 0 Å². The third-order valence-electron chi connectivity index (χ3n) is 4.23. The number of nitrogens with zero attached hydrogens (tertiary/aromatic N) is 2. The second kappa shape index (κ2) is 8.64. The van der Waals surface area contributed by atoms with Crippen LogP contribution in [-0.2, 0) is 9.47 Å². The predicted octanol–water partition coefficient (Wildman–Crippen LogP) is 4.06. The molecule has 0 unspecified atom stereocenters. The van der Waals surface area contributed by atoms with E-state index in [1.54, 1.807) is 12.4 Å². The molecule has 0 saturated carbocycles. The van der Waals surface area contributed by atoms with Crippen molar-refractivity contribution in [3.05, 3.63) is 53.1 Å². The van der Waals surface area contributed by atoms with Gasteiger partial charge >= 0.3 is 6.09 Å². The maximum Gasteiger partial charge on any atom is 0.419 e. The van der Waals surface area contributed by atoms with Gasteiger partial charge in [0.1, 0.15) is 5.82 Å². The molecule has 0 bridgehead atoms. The molecule has 1 aromatic carbocycles. The SMILES string of the molecule is CCOCCCOC(=O)n1ccnc1[C@@H](C)c1cccc(C)c1C. The average molecular weight is 330 g/mol. The largest absolute Gasteiger partial charge is 0.449 e. The lowest BCUT2D eigenvalue weighted by Crippen LogP contribution is -2.19. The lowest BCUT2D eigenvalue weighted by Gasteiger charge is -2.17. The van der Waals surface area contributed by atoms with Gasteiger partial charge in [-0.2, -0.15) is 0 Å². The lowest BCUT2D eigenvalue weighted by atomic mass is 9.93. The molecule has 0 aliphatic carbocycles. The summed E-state index contributed by atoms with van der Waals surface area (Å²) in [5, 5.41) is 0. The Balaban J connectivity index is 2.09. The van der Waals surface area contributed by atoms with Crippen LogP contribution in [0.15, 0.2) is 30.6 Å². The molecular formula is C19H26N2O3. The Bertz CT molecular complexity index is 679. The van der Waals surface area contributed by atoms with E-state index in [0.717, 1.165) is 0 Å². The Morgan fingerprint density at radius 2 is 2.08 bits per heavy atom. The highest BCUT2D eigenvalue weighted by Crippen LogP contribution is 2.27. The van der Waals surface area contributed by atoms with Crippen LogP contribution in [-0.4, -0.2) is 35.5 Å². The van der Waals surface area contributed by atoms with Crippen LogP contribution in [0.4, 0.5) is 4.79 Å². The molecule has 5 nitrogen and oxygen atoms in total. The first kappa shape index (κ1) is 18.2. The molecular weight excluding hydrogens is 304 g/mol. The molecule has 0 aliphatic rings. The van der Waals surface area contributed by atoms with Gasteiger partial charge < -0.3 is 9.47 Å². The number of carbonyl (C=O) groups excluding carboxylic acids is 1. The fourth-order valence-electron chi connectivity index (χ4n) is 2.71. The molecule has 0 aliphatic heterocycles. The highest BCUT2D eigenvalue weighted by atomic mass is 16.6. The van der Waals surface area contributed by atoms with E-state index in [1.807, 2.05) is 13.0 Å². The van der Waals surface area contributed by atoms with Crippen molar-refractivity contribution in [2.75, 3.05) is 19.8 Å². The molecule has 0 radical (unpaired) electrons. The first-order valence-electron chi connectivity index (χ1n) is 8.40. The topological polar surface area (TPSA) is 53.4 Å². The Labute approximate surface area is 143 Å². The summed E-state index contributed by atoms with van der Waals surface area (Å²) in [4.78, 5) is 16.7. The lowest BCUT2D eigenvalue weighted by molar-refractivity contribution is 0.108. The van der Waals surface area contributed by atoms with Crippen molar-refractivity contribution in [1.82, 2.24) is 9.55 Å². The Morgan fingerprint density at radius 3 is 2.83 bits per heavy atom. The molecule has 1 aromatic heterocycles. The Morgan fingerprint density at radius 1 is 1.29 bits per heavy atom. The van der Waals surface area contributed by atoms with E-state index >= 15 is 0 Å². The first-order chi connectivity index (χ1) is 11.6. The second-order valence-electron chi connectivity index (χ2n) is 5.83. The smallest absolute Gasteiger partial charge is 0.419 e. The maximum absolute atomic E-state index is 12.3. The minimum absolute atomic E-state index is 0.0101. The number of rotatable bonds is 7. The van der Waals surface area contributed by atoms with E-state index in [0.29, 0.717) is 32.1 Å². The molecule has 2 rings (SSSR count). The summed E-state index contributed by atoms with van der Waals surface area (Å²) in [6, 6.07) is 6.21. The monoisotopic (exact) mass is 330 g/mol. The molecule has 2 aromatic rings. The summed E-state index contributed by atoms with van der Waals surface area (Å²) in [6.07, 6.45) is 3.59. The van der Waals surface area contributed by atoms with Crippen molar-refractivity contribution >= 4 is 6.09 Å². The van der Waals surface area contributed by atoms with E-state index in [-0.39, 0.29) is 5.92 Å². The number of aromatic nitrogens is 2. The number of carbonyl (C=O) groups is 1. The number of ether oxygens (including phenoxy) is 2. The van der Waals surface area contributed by atoms with Crippen molar-refractivity contribution in [3.63, 3.8) is 0 Å². The maximum atomic E-state index is 12.3. The fraction of sp³-hybridized carbons (Fsp3) is 0.474. The zero-order chi connectivity index (χ0) is 17.5. The normalized spacial score (nSPS) is 12.2. The van der Waals surface area contributed by atoms with Crippen LogP contribution in [0.1, 0.15) is 48.7 Å². The van der Waals surface area contributed by atoms with Gasteiger partial charge in [-0.1, -0.05) is 25.1 Å². The molecule has 1 atom stereocenters. The van der Waals surface area contributed by atoms with Crippen LogP contribution in [0.25, 0.3) is 0 Å². The van der Waals surface area contributed by atoms with E-state index in [4.69, 9.17) is 9.47 Å².